The molecule has 100 valence electrons. The summed E-state index contributed by atoms with van der Waals surface area (Å²) in [5.74, 6) is 2.27. The van der Waals surface area contributed by atoms with Crippen molar-refractivity contribution in [3.63, 3.8) is 0 Å². The molecule has 0 saturated carbocycles. The lowest BCUT2D eigenvalue weighted by Crippen LogP contribution is -2.06. The zero-order chi connectivity index (χ0) is 13.7. The Balaban J connectivity index is 2.04. The molecule has 2 aromatic rings. The quantitative estimate of drug-likeness (QED) is 0.894. The monoisotopic (exact) mass is 258 g/mol. The Kier molecular flexibility index (Phi) is 4.36. The smallest absolute Gasteiger partial charge is 0.145 e. The highest BCUT2D eigenvalue weighted by Crippen LogP contribution is 2.23. The van der Waals surface area contributed by atoms with Crippen molar-refractivity contribution in [3.05, 3.63) is 48.3 Å². The average molecular weight is 258 g/mol. The van der Waals surface area contributed by atoms with Crippen molar-refractivity contribution in [2.45, 2.75) is 19.9 Å². The molecule has 1 aromatic heterocycles. The van der Waals surface area contributed by atoms with E-state index < -0.39 is 0 Å². The Labute approximate surface area is 113 Å². The Morgan fingerprint density at radius 2 is 1.68 bits per heavy atom. The molecule has 0 radical (unpaired) electrons. The van der Waals surface area contributed by atoms with E-state index in [4.69, 9.17) is 15.2 Å². The maximum absolute atomic E-state index is 5.74. The average Bonchev–Trinajstić information content (AvgIpc) is 2.42. The van der Waals surface area contributed by atoms with Crippen molar-refractivity contribution >= 4 is 0 Å². The van der Waals surface area contributed by atoms with Crippen LogP contribution in [-0.4, -0.2) is 11.6 Å². The summed E-state index contributed by atoms with van der Waals surface area (Å²) >= 11 is 0. The predicted molar refractivity (Wildman–Crippen MR) is 74.5 cm³/mol. The lowest BCUT2D eigenvalue weighted by atomic mass is 10.2. The molecule has 19 heavy (non-hydrogen) atoms. The number of nitrogens with zero attached hydrogens (tertiary/aromatic N) is 1. The van der Waals surface area contributed by atoms with E-state index in [9.17, 15) is 0 Å². The zero-order valence-corrected chi connectivity index (χ0v) is 11.2. The Morgan fingerprint density at radius 1 is 1.05 bits per heavy atom. The molecule has 0 spiro atoms. The highest BCUT2D eigenvalue weighted by Gasteiger charge is 2.02. The van der Waals surface area contributed by atoms with E-state index in [0.717, 1.165) is 17.2 Å². The van der Waals surface area contributed by atoms with Crippen LogP contribution in [0.25, 0.3) is 0 Å². The highest BCUT2D eigenvalue weighted by molar-refractivity contribution is 5.34. The first-order valence-corrected chi connectivity index (χ1v) is 6.31. The third-order valence-corrected chi connectivity index (χ3v) is 2.60. The van der Waals surface area contributed by atoms with E-state index in [-0.39, 0.29) is 6.04 Å². The molecule has 0 amide bonds. The minimum atomic E-state index is -0.0699. The van der Waals surface area contributed by atoms with Gasteiger partial charge in [-0.05, 0) is 50.2 Å². The predicted octanol–water partition coefficient (Wildman–Crippen LogP) is 3.29. The van der Waals surface area contributed by atoms with Gasteiger partial charge in [-0.25, -0.2) is 0 Å². The molecule has 0 aliphatic rings. The van der Waals surface area contributed by atoms with E-state index >= 15 is 0 Å². The number of nitrogens with two attached hydrogens (primary N) is 1. The van der Waals surface area contributed by atoms with Crippen molar-refractivity contribution in [2.24, 2.45) is 5.73 Å². The minimum absolute atomic E-state index is 0.0699. The van der Waals surface area contributed by atoms with Crippen molar-refractivity contribution in [1.82, 2.24) is 4.98 Å². The van der Waals surface area contributed by atoms with E-state index in [1.807, 2.05) is 50.2 Å². The lowest BCUT2D eigenvalue weighted by molar-refractivity contribution is 0.339. The van der Waals surface area contributed by atoms with Crippen molar-refractivity contribution in [3.8, 4) is 17.2 Å². The molecule has 0 fully saturated rings. The Hall–Kier alpha value is -2.07. The molecule has 1 atom stereocenters. The standard InChI is InChI=1S/C15H18N2O2/c1-3-18-12-4-6-13(7-5-12)19-14-8-9-15(11(2)16)17-10-14/h4-11H,3,16H2,1-2H3/t11-/m1/s1. The first-order chi connectivity index (χ1) is 9.19. The second kappa shape index (κ2) is 6.20. The topological polar surface area (TPSA) is 57.4 Å². The van der Waals surface area contributed by atoms with Crippen LogP contribution in [0.1, 0.15) is 25.6 Å². The summed E-state index contributed by atoms with van der Waals surface area (Å²) in [6, 6.07) is 11.1. The molecule has 0 aliphatic carbocycles. The third-order valence-electron chi connectivity index (χ3n) is 2.60. The zero-order valence-electron chi connectivity index (χ0n) is 11.2. The molecule has 0 aliphatic heterocycles. The van der Waals surface area contributed by atoms with Crippen molar-refractivity contribution in [1.29, 1.82) is 0 Å². The first kappa shape index (κ1) is 13.4. The lowest BCUT2D eigenvalue weighted by Gasteiger charge is -2.08. The molecule has 0 saturated heterocycles. The van der Waals surface area contributed by atoms with Crippen molar-refractivity contribution in [2.75, 3.05) is 6.61 Å². The normalized spacial score (nSPS) is 11.9. The largest absolute Gasteiger partial charge is 0.494 e. The van der Waals surface area contributed by atoms with Gasteiger partial charge < -0.3 is 15.2 Å². The number of pyridine rings is 1. The maximum Gasteiger partial charge on any atom is 0.145 e. The number of benzene rings is 1. The molecule has 0 unspecified atom stereocenters. The van der Waals surface area contributed by atoms with Crippen LogP contribution in [0.2, 0.25) is 0 Å². The van der Waals surface area contributed by atoms with Gasteiger partial charge in [0, 0.05) is 6.04 Å². The van der Waals surface area contributed by atoms with Crippen LogP contribution in [0.4, 0.5) is 0 Å². The number of hydrogen-bond acceptors (Lipinski definition) is 4. The fourth-order valence-electron chi connectivity index (χ4n) is 1.63. The molecular formula is C15H18N2O2. The molecular weight excluding hydrogens is 240 g/mol. The maximum atomic E-state index is 5.74. The fourth-order valence-corrected chi connectivity index (χ4v) is 1.63. The third kappa shape index (κ3) is 3.69. The van der Waals surface area contributed by atoms with Gasteiger partial charge in [0.15, 0.2) is 0 Å². The van der Waals surface area contributed by atoms with Gasteiger partial charge in [-0.2, -0.15) is 0 Å². The van der Waals surface area contributed by atoms with E-state index in [2.05, 4.69) is 4.98 Å². The second-order valence-electron chi connectivity index (χ2n) is 4.21. The van der Waals surface area contributed by atoms with Crippen LogP contribution >= 0.6 is 0 Å². The summed E-state index contributed by atoms with van der Waals surface area (Å²) in [6.07, 6.45) is 1.68. The first-order valence-electron chi connectivity index (χ1n) is 6.31. The number of ether oxygens (including phenoxy) is 2. The van der Waals surface area contributed by atoms with E-state index in [1.54, 1.807) is 6.20 Å². The van der Waals surface area contributed by atoms with Crippen LogP contribution in [-0.2, 0) is 0 Å². The van der Waals surface area contributed by atoms with Crippen LogP contribution < -0.4 is 15.2 Å². The molecule has 2 rings (SSSR count). The summed E-state index contributed by atoms with van der Waals surface area (Å²) in [5.41, 5.74) is 6.59. The summed E-state index contributed by atoms with van der Waals surface area (Å²) in [6.45, 7) is 4.51. The molecule has 1 aromatic carbocycles. The van der Waals surface area contributed by atoms with Gasteiger partial charge in [-0.3, -0.25) is 4.98 Å². The molecule has 4 nitrogen and oxygen atoms in total. The van der Waals surface area contributed by atoms with Crippen LogP contribution in [0.15, 0.2) is 42.6 Å². The van der Waals surface area contributed by atoms with Crippen LogP contribution in [0, 0.1) is 0 Å². The van der Waals surface area contributed by atoms with E-state index in [0.29, 0.717) is 12.4 Å². The Morgan fingerprint density at radius 3 is 2.21 bits per heavy atom. The van der Waals surface area contributed by atoms with Gasteiger partial charge in [-0.1, -0.05) is 0 Å². The van der Waals surface area contributed by atoms with Crippen LogP contribution in [0.3, 0.4) is 0 Å². The summed E-state index contributed by atoms with van der Waals surface area (Å²) in [4.78, 5) is 4.25. The number of aromatic nitrogens is 1. The van der Waals surface area contributed by atoms with Gasteiger partial charge in [0.05, 0.1) is 18.5 Å². The van der Waals surface area contributed by atoms with Gasteiger partial charge in [-0.15, -0.1) is 0 Å². The number of hydrogen-bond donors (Lipinski definition) is 1. The van der Waals surface area contributed by atoms with Gasteiger partial charge in [0.2, 0.25) is 0 Å². The van der Waals surface area contributed by atoms with Gasteiger partial charge >= 0.3 is 0 Å². The summed E-state index contributed by atoms with van der Waals surface area (Å²) < 4.78 is 11.1. The van der Waals surface area contributed by atoms with Crippen LogP contribution in [0.5, 0.6) is 17.2 Å². The van der Waals surface area contributed by atoms with Gasteiger partial charge in [0.25, 0.3) is 0 Å². The molecule has 0 bridgehead atoms. The summed E-state index contributed by atoms with van der Waals surface area (Å²) in [5, 5.41) is 0. The molecule has 2 N–H and O–H groups in total. The Bertz CT molecular complexity index is 507. The SMILES string of the molecule is CCOc1ccc(Oc2ccc([C@@H](C)N)nc2)cc1. The summed E-state index contributed by atoms with van der Waals surface area (Å²) in [7, 11) is 0. The van der Waals surface area contributed by atoms with Gasteiger partial charge in [0.1, 0.15) is 17.2 Å². The van der Waals surface area contributed by atoms with Crippen molar-refractivity contribution < 1.29 is 9.47 Å². The fraction of sp³-hybridized carbons (Fsp3) is 0.267. The van der Waals surface area contributed by atoms with E-state index in [1.165, 1.54) is 0 Å². The highest BCUT2D eigenvalue weighted by atomic mass is 16.5. The minimum Gasteiger partial charge on any atom is -0.494 e. The number of rotatable bonds is 5. The second-order valence-corrected chi connectivity index (χ2v) is 4.21. The molecule has 4 heteroatoms. The molecule has 1 heterocycles.